The molecule has 1 N–H and O–H groups in total. The standard InChI is InChI=1S/C11H20O2/c1-9(12)7-10-3-6-13-11(8-10)4-2-5-11/h9-10,12H,2-8H2,1H3. The molecule has 0 radical (unpaired) electrons. The van der Waals surface area contributed by atoms with E-state index in [0.717, 1.165) is 19.4 Å². The molecular formula is C11H20O2. The Morgan fingerprint density at radius 1 is 1.54 bits per heavy atom. The molecule has 0 aromatic heterocycles. The lowest BCUT2D eigenvalue weighted by Gasteiger charge is -2.47. The van der Waals surface area contributed by atoms with Gasteiger partial charge in [-0.1, -0.05) is 0 Å². The van der Waals surface area contributed by atoms with Gasteiger partial charge in [-0.05, 0) is 51.4 Å². The molecule has 2 atom stereocenters. The summed E-state index contributed by atoms with van der Waals surface area (Å²) in [5.41, 5.74) is 0.248. The van der Waals surface area contributed by atoms with Crippen molar-refractivity contribution in [1.82, 2.24) is 0 Å². The summed E-state index contributed by atoms with van der Waals surface area (Å²) in [6, 6.07) is 0. The lowest BCUT2D eigenvalue weighted by Crippen LogP contribution is -2.45. The van der Waals surface area contributed by atoms with Crippen LogP contribution >= 0.6 is 0 Å². The monoisotopic (exact) mass is 184 g/mol. The van der Waals surface area contributed by atoms with Crippen LogP contribution < -0.4 is 0 Å². The SMILES string of the molecule is CC(O)CC1CCOC2(CCC2)C1. The second-order valence-electron chi connectivity index (χ2n) is 4.83. The Bertz CT molecular complexity index is 173. The average Bonchev–Trinajstić information content (AvgIpc) is 2.01. The summed E-state index contributed by atoms with van der Waals surface area (Å²) in [7, 11) is 0. The fourth-order valence-electron chi connectivity index (χ4n) is 2.73. The summed E-state index contributed by atoms with van der Waals surface area (Å²) in [6.07, 6.45) is 7.00. The zero-order chi connectivity index (χ0) is 9.31. The third-order valence-corrected chi connectivity index (χ3v) is 3.53. The highest BCUT2D eigenvalue weighted by Gasteiger charge is 2.42. The molecule has 1 saturated heterocycles. The van der Waals surface area contributed by atoms with Crippen LogP contribution in [0.4, 0.5) is 0 Å². The van der Waals surface area contributed by atoms with Gasteiger partial charge in [0.25, 0.3) is 0 Å². The fraction of sp³-hybridized carbons (Fsp3) is 1.00. The van der Waals surface area contributed by atoms with Crippen LogP contribution in [-0.4, -0.2) is 23.4 Å². The van der Waals surface area contributed by atoms with E-state index >= 15 is 0 Å². The fourth-order valence-corrected chi connectivity index (χ4v) is 2.73. The smallest absolute Gasteiger partial charge is 0.0685 e. The van der Waals surface area contributed by atoms with Crippen LogP contribution in [0.25, 0.3) is 0 Å². The molecule has 0 aromatic rings. The third-order valence-electron chi connectivity index (χ3n) is 3.53. The molecule has 2 fully saturated rings. The largest absolute Gasteiger partial charge is 0.393 e. The minimum atomic E-state index is -0.139. The van der Waals surface area contributed by atoms with Crippen LogP contribution in [0.5, 0.6) is 0 Å². The molecule has 2 heteroatoms. The molecule has 2 rings (SSSR count). The van der Waals surface area contributed by atoms with Gasteiger partial charge in [0, 0.05) is 6.61 Å². The molecule has 1 aliphatic heterocycles. The summed E-state index contributed by atoms with van der Waals surface area (Å²) in [4.78, 5) is 0. The lowest BCUT2D eigenvalue weighted by atomic mass is 9.71. The Balaban J connectivity index is 1.85. The van der Waals surface area contributed by atoms with Gasteiger partial charge in [0.1, 0.15) is 0 Å². The number of rotatable bonds is 2. The first-order chi connectivity index (χ1) is 6.20. The summed E-state index contributed by atoms with van der Waals surface area (Å²) < 4.78 is 5.83. The van der Waals surface area contributed by atoms with Gasteiger partial charge in [-0.2, -0.15) is 0 Å². The van der Waals surface area contributed by atoms with Gasteiger partial charge in [-0.15, -0.1) is 0 Å². The highest BCUT2D eigenvalue weighted by molar-refractivity contribution is 4.94. The number of hydrogen-bond acceptors (Lipinski definition) is 2. The second-order valence-corrected chi connectivity index (χ2v) is 4.83. The molecule has 1 spiro atoms. The van der Waals surface area contributed by atoms with Gasteiger partial charge in [0.05, 0.1) is 11.7 Å². The summed E-state index contributed by atoms with van der Waals surface area (Å²) in [5, 5.41) is 9.32. The van der Waals surface area contributed by atoms with Crippen molar-refractivity contribution in [2.75, 3.05) is 6.61 Å². The molecule has 76 valence electrons. The van der Waals surface area contributed by atoms with E-state index in [-0.39, 0.29) is 11.7 Å². The average molecular weight is 184 g/mol. The van der Waals surface area contributed by atoms with E-state index in [1.165, 1.54) is 25.7 Å². The van der Waals surface area contributed by atoms with E-state index < -0.39 is 0 Å². The van der Waals surface area contributed by atoms with E-state index in [2.05, 4.69) is 0 Å². The van der Waals surface area contributed by atoms with Gasteiger partial charge >= 0.3 is 0 Å². The minimum Gasteiger partial charge on any atom is -0.393 e. The molecule has 2 nitrogen and oxygen atoms in total. The lowest BCUT2D eigenvalue weighted by molar-refractivity contribution is -0.146. The van der Waals surface area contributed by atoms with E-state index in [1.807, 2.05) is 6.92 Å². The van der Waals surface area contributed by atoms with Crippen molar-refractivity contribution < 1.29 is 9.84 Å². The number of aliphatic hydroxyl groups excluding tert-OH is 1. The normalized spacial score (nSPS) is 34.2. The molecule has 0 bridgehead atoms. The van der Waals surface area contributed by atoms with Crippen molar-refractivity contribution in [2.24, 2.45) is 5.92 Å². The van der Waals surface area contributed by atoms with Crippen molar-refractivity contribution >= 4 is 0 Å². The maximum absolute atomic E-state index is 9.32. The highest BCUT2D eigenvalue weighted by Crippen LogP contribution is 2.45. The first-order valence-corrected chi connectivity index (χ1v) is 5.52. The molecule has 1 aliphatic carbocycles. The molecule has 1 heterocycles. The molecule has 0 amide bonds. The van der Waals surface area contributed by atoms with Crippen LogP contribution in [0.1, 0.15) is 45.4 Å². The Morgan fingerprint density at radius 2 is 2.31 bits per heavy atom. The first-order valence-electron chi connectivity index (χ1n) is 5.52. The Hall–Kier alpha value is -0.0800. The summed E-state index contributed by atoms with van der Waals surface area (Å²) in [5.74, 6) is 0.703. The summed E-state index contributed by atoms with van der Waals surface area (Å²) >= 11 is 0. The van der Waals surface area contributed by atoms with E-state index in [0.29, 0.717) is 5.92 Å². The molecular weight excluding hydrogens is 164 g/mol. The van der Waals surface area contributed by atoms with Gasteiger partial charge in [0.2, 0.25) is 0 Å². The topological polar surface area (TPSA) is 29.5 Å². The Labute approximate surface area is 80.3 Å². The molecule has 2 aliphatic rings. The van der Waals surface area contributed by atoms with Crippen LogP contribution in [-0.2, 0) is 4.74 Å². The van der Waals surface area contributed by atoms with Crippen LogP contribution in [0.2, 0.25) is 0 Å². The van der Waals surface area contributed by atoms with Gasteiger partial charge < -0.3 is 9.84 Å². The number of ether oxygens (including phenoxy) is 1. The van der Waals surface area contributed by atoms with Gasteiger partial charge in [0.15, 0.2) is 0 Å². The number of hydrogen-bond donors (Lipinski definition) is 1. The van der Waals surface area contributed by atoms with Crippen molar-refractivity contribution in [3.63, 3.8) is 0 Å². The summed E-state index contributed by atoms with van der Waals surface area (Å²) in [6.45, 7) is 2.81. The van der Waals surface area contributed by atoms with Crippen LogP contribution in [0.3, 0.4) is 0 Å². The van der Waals surface area contributed by atoms with Crippen molar-refractivity contribution in [1.29, 1.82) is 0 Å². The predicted octanol–water partition coefficient (Wildman–Crippen LogP) is 2.11. The van der Waals surface area contributed by atoms with Gasteiger partial charge in [-0.3, -0.25) is 0 Å². The Morgan fingerprint density at radius 3 is 2.85 bits per heavy atom. The minimum absolute atomic E-state index is 0.139. The first kappa shape index (κ1) is 9.47. The van der Waals surface area contributed by atoms with Crippen molar-refractivity contribution in [2.45, 2.75) is 57.2 Å². The second kappa shape index (κ2) is 3.58. The van der Waals surface area contributed by atoms with Crippen LogP contribution in [0, 0.1) is 5.92 Å². The van der Waals surface area contributed by atoms with Crippen molar-refractivity contribution in [3.05, 3.63) is 0 Å². The van der Waals surface area contributed by atoms with E-state index in [4.69, 9.17) is 4.74 Å². The maximum Gasteiger partial charge on any atom is 0.0685 e. The van der Waals surface area contributed by atoms with E-state index in [9.17, 15) is 5.11 Å². The third kappa shape index (κ3) is 2.05. The Kier molecular flexibility index (Phi) is 2.61. The highest BCUT2D eigenvalue weighted by atomic mass is 16.5. The maximum atomic E-state index is 9.32. The van der Waals surface area contributed by atoms with E-state index in [1.54, 1.807) is 0 Å². The molecule has 1 saturated carbocycles. The predicted molar refractivity (Wildman–Crippen MR) is 51.6 cm³/mol. The number of aliphatic hydroxyl groups is 1. The zero-order valence-electron chi connectivity index (χ0n) is 8.46. The molecule has 13 heavy (non-hydrogen) atoms. The molecule has 0 aromatic carbocycles. The van der Waals surface area contributed by atoms with Crippen LogP contribution in [0.15, 0.2) is 0 Å². The van der Waals surface area contributed by atoms with Gasteiger partial charge in [-0.25, -0.2) is 0 Å². The quantitative estimate of drug-likeness (QED) is 0.712. The zero-order valence-corrected chi connectivity index (χ0v) is 8.46. The van der Waals surface area contributed by atoms with Crippen molar-refractivity contribution in [3.8, 4) is 0 Å². The molecule has 2 unspecified atom stereocenters.